The minimum atomic E-state index is -3.64. The average Bonchev–Trinajstić information content (AvgIpc) is 3.20. The summed E-state index contributed by atoms with van der Waals surface area (Å²) in [5.41, 5.74) is 0.209. The van der Waals surface area contributed by atoms with Gasteiger partial charge in [0.1, 0.15) is 0 Å². The van der Waals surface area contributed by atoms with E-state index in [0.717, 1.165) is 19.5 Å². The maximum atomic E-state index is 12.6. The van der Waals surface area contributed by atoms with Gasteiger partial charge in [0.25, 0.3) is 5.91 Å². The van der Waals surface area contributed by atoms with E-state index in [1.165, 1.54) is 28.6 Å². The molecule has 0 radical (unpaired) electrons. The maximum Gasteiger partial charge on any atom is 0.251 e. The standard InChI is InChI=1S/C18H28N4O4S.ClH/c1-4-22(5-2)27(25,26)16-8-6-7-14(11-16)18(24)20-13-17(23)21(3)15-9-10-19-12-15;/h6-8,11,15,19H,4-5,9-10,12-13H2,1-3H3,(H,20,24);1H. The monoisotopic (exact) mass is 432 g/mol. The van der Waals surface area contributed by atoms with Crippen LogP contribution in [-0.4, -0.2) is 75.3 Å². The predicted octanol–water partition coefficient (Wildman–Crippen LogP) is 0.689. The lowest BCUT2D eigenvalue weighted by atomic mass is 10.2. The Morgan fingerprint density at radius 2 is 1.93 bits per heavy atom. The number of rotatable bonds is 8. The van der Waals surface area contributed by atoms with Gasteiger partial charge in [0.2, 0.25) is 15.9 Å². The van der Waals surface area contributed by atoms with E-state index in [9.17, 15) is 18.0 Å². The van der Waals surface area contributed by atoms with Crippen LogP contribution in [0.2, 0.25) is 0 Å². The highest BCUT2D eigenvalue weighted by Crippen LogP contribution is 2.17. The fourth-order valence-corrected chi connectivity index (χ4v) is 4.57. The normalized spacial score (nSPS) is 16.5. The van der Waals surface area contributed by atoms with E-state index < -0.39 is 15.9 Å². The number of amides is 2. The minimum absolute atomic E-state index is 0. The Morgan fingerprint density at radius 1 is 1.25 bits per heavy atom. The van der Waals surface area contributed by atoms with Crippen LogP contribution in [0, 0.1) is 0 Å². The molecule has 0 aromatic heterocycles. The molecule has 10 heteroatoms. The van der Waals surface area contributed by atoms with E-state index in [1.807, 2.05) is 0 Å². The number of hydrogen-bond acceptors (Lipinski definition) is 5. The summed E-state index contributed by atoms with van der Waals surface area (Å²) in [6.07, 6.45) is 0.890. The smallest absolute Gasteiger partial charge is 0.251 e. The zero-order valence-electron chi connectivity index (χ0n) is 16.5. The molecule has 1 atom stereocenters. The summed E-state index contributed by atoms with van der Waals surface area (Å²) in [5, 5.41) is 5.78. The van der Waals surface area contributed by atoms with Gasteiger partial charge < -0.3 is 15.5 Å². The van der Waals surface area contributed by atoms with E-state index in [1.54, 1.807) is 25.8 Å². The lowest BCUT2D eigenvalue weighted by Gasteiger charge is -2.23. The van der Waals surface area contributed by atoms with Gasteiger partial charge in [-0.15, -0.1) is 12.4 Å². The maximum absolute atomic E-state index is 12.6. The Labute approximate surface area is 173 Å². The van der Waals surface area contributed by atoms with Crippen LogP contribution < -0.4 is 10.6 Å². The first-order valence-corrected chi connectivity index (χ1v) is 10.6. The van der Waals surface area contributed by atoms with Gasteiger partial charge in [-0.25, -0.2) is 8.42 Å². The highest BCUT2D eigenvalue weighted by atomic mass is 35.5. The van der Waals surface area contributed by atoms with Crippen molar-refractivity contribution < 1.29 is 18.0 Å². The molecule has 0 saturated carbocycles. The molecule has 8 nitrogen and oxygen atoms in total. The SMILES string of the molecule is CCN(CC)S(=O)(=O)c1cccc(C(=O)NCC(=O)N(C)C2CCNC2)c1.Cl. The number of sulfonamides is 1. The summed E-state index contributed by atoms with van der Waals surface area (Å²) < 4.78 is 26.5. The third-order valence-corrected chi connectivity index (χ3v) is 6.86. The number of likely N-dealkylation sites (N-methyl/N-ethyl adjacent to an activating group) is 1. The van der Waals surface area contributed by atoms with Gasteiger partial charge in [-0.3, -0.25) is 9.59 Å². The van der Waals surface area contributed by atoms with Crippen molar-refractivity contribution in [2.45, 2.75) is 31.2 Å². The molecule has 1 fully saturated rings. The second kappa shape index (κ2) is 10.8. The van der Waals surface area contributed by atoms with Crippen molar-refractivity contribution in [3.05, 3.63) is 29.8 Å². The summed E-state index contributed by atoms with van der Waals surface area (Å²) in [6.45, 7) is 5.74. The van der Waals surface area contributed by atoms with Crippen LogP contribution >= 0.6 is 12.4 Å². The molecule has 0 bridgehead atoms. The highest BCUT2D eigenvalue weighted by molar-refractivity contribution is 7.89. The summed E-state index contributed by atoms with van der Waals surface area (Å²) in [6, 6.07) is 6.01. The van der Waals surface area contributed by atoms with Crippen LogP contribution in [0.15, 0.2) is 29.2 Å². The molecule has 1 aromatic rings. The van der Waals surface area contributed by atoms with Crippen molar-refractivity contribution in [1.82, 2.24) is 19.8 Å². The Morgan fingerprint density at radius 3 is 2.50 bits per heavy atom. The molecule has 28 heavy (non-hydrogen) atoms. The van der Waals surface area contributed by atoms with Crippen LogP contribution in [0.3, 0.4) is 0 Å². The molecular formula is C18H29ClN4O4S. The van der Waals surface area contributed by atoms with Gasteiger partial charge in [-0.05, 0) is 31.2 Å². The van der Waals surface area contributed by atoms with Gasteiger partial charge in [-0.1, -0.05) is 19.9 Å². The third-order valence-electron chi connectivity index (χ3n) is 4.82. The Hall–Kier alpha value is -1.68. The van der Waals surface area contributed by atoms with Crippen molar-refractivity contribution in [2.75, 3.05) is 39.8 Å². The Bertz CT molecular complexity index is 778. The second-order valence-corrected chi connectivity index (χ2v) is 8.39. The molecule has 158 valence electrons. The fraction of sp³-hybridized carbons (Fsp3) is 0.556. The lowest BCUT2D eigenvalue weighted by molar-refractivity contribution is -0.130. The van der Waals surface area contributed by atoms with E-state index in [4.69, 9.17) is 0 Å². The quantitative estimate of drug-likeness (QED) is 0.629. The van der Waals surface area contributed by atoms with Crippen LogP contribution in [0.1, 0.15) is 30.6 Å². The summed E-state index contributed by atoms with van der Waals surface area (Å²) in [5.74, 6) is -0.651. The van der Waals surface area contributed by atoms with E-state index in [-0.39, 0.29) is 41.4 Å². The average molecular weight is 433 g/mol. The largest absolute Gasteiger partial charge is 0.343 e. The molecule has 1 heterocycles. The van der Waals surface area contributed by atoms with Gasteiger partial charge in [0.05, 0.1) is 11.4 Å². The number of nitrogens with zero attached hydrogens (tertiary/aromatic N) is 2. The van der Waals surface area contributed by atoms with E-state index in [2.05, 4.69) is 10.6 Å². The first-order chi connectivity index (χ1) is 12.8. The van der Waals surface area contributed by atoms with Crippen molar-refractivity contribution in [3.8, 4) is 0 Å². The van der Waals surface area contributed by atoms with Crippen molar-refractivity contribution in [2.24, 2.45) is 0 Å². The van der Waals surface area contributed by atoms with Crippen LogP contribution in [0.4, 0.5) is 0 Å². The van der Waals surface area contributed by atoms with Crippen LogP contribution in [0.5, 0.6) is 0 Å². The van der Waals surface area contributed by atoms with Crippen LogP contribution in [-0.2, 0) is 14.8 Å². The summed E-state index contributed by atoms with van der Waals surface area (Å²) in [7, 11) is -1.92. The summed E-state index contributed by atoms with van der Waals surface area (Å²) in [4.78, 5) is 26.3. The zero-order valence-corrected chi connectivity index (χ0v) is 18.1. The molecule has 2 amide bonds. The number of halogens is 1. The molecule has 1 aromatic carbocycles. The number of hydrogen-bond donors (Lipinski definition) is 2. The Balaban J connectivity index is 0.00000392. The molecule has 1 saturated heterocycles. The van der Waals surface area contributed by atoms with Crippen molar-refractivity contribution >= 4 is 34.2 Å². The first-order valence-electron chi connectivity index (χ1n) is 9.16. The fourth-order valence-electron chi connectivity index (χ4n) is 3.07. The number of nitrogens with one attached hydrogen (secondary N) is 2. The number of carbonyl (C=O) groups excluding carboxylic acids is 2. The van der Waals surface area contributed by atoms with E-state index in [0.29, 0.717) is 13.1 Å². The van der Waals surface area contributed by atoms with Gasteiger partial charge in [-0.2, -0.15) is 4.31 Å². The second-order valence-electron chi connectivity index (χ2n) is 6.45. The summed E-state index contributed by atoms with van der Waals surface area (Å²) >= 11 is 0. The van der Waals surface area contributed by atoms with Crippen molar-refractivity contribution in [1.29, 1.82) is 0 Å². The molecule has 1 aliphatic rings. The van der Waals surface area contributed by atoms with Crippen molar-refractivity contribution in [3.63, 3.8) is 0 Å². The zero-order chi connectivity index (χ0) is 20.0. The minimum Gasteiger partial charge on any atom is -0.343 e. The van der Waals surface area contributed by atoms with Gasteiger partial charge in [0.15, 0.2) is 0 Å². The Kier molecular flexibility index (Phi) is 9.35. The molecule has 1 aliphatic heterocycles. The van der Waals surface area contributed by atoms with Gasteiger partial charge in [0, 0.05) is 38.3 Å². The molecule has 0 aliphatic carbocycles. The van der Waals surface area contributed by atoms with E-state index >= 15 is 0 Å². The topological polar surface area (TPSA) is 98.8 Å². The highest BCUT2D eigenvalue weighted by Gasteiger charge is 2.24. The predicted molar refractivity (Wildman–Crippen MR) is 110 cm³/mol. The molecule has 2 rings (SSSR count). The molecular weight excluding hydrogens is 404 g/mol. The molecule has 0 spiro atoms. The first kappa shape index (κ1) is 24.4. The number of carbonyl (C=O) groups is 2. The lowest BCUT2D eigenvalue weighted by Crippen LogP contribution is -2.44. The third kappa shape index (κ3) is 5.66. The van der Waals surface area contributed by atoms with Crippen LogP contribution in [0.25, 0.3) is 0 Å². The molecule has 2 N–H and O–H groups in total. The number of benzene rings is 1. The van der Waals surface area contributed by atoms with Gasteiger partial charge >= 0.3 is 0 Å². The molecule has 1 unspecified atom stereocenters.